The minimum absolute atomic E-state index is 0.0341. The number of aromatic nitrogens is 3. The highest BCUT2D eigenvalue weighted by Gasteiger charge is 2.36. The monoisotopic (exact) mass is 358 g/mol. The highest BCUT2D eigenvalue weighted by molar-refractivity contribution is 6.33. The molecule has 3 heterocycles. The number of pyridine rings is 1. The van der Waals surface area contributed by atoms with Crippen LogP contribution in [0.2, 0.25) is 5.02 Å². The minimum Gasteiger partial charge on any atom is -0.338 e. The largest absolute Gasteiger partial charge is 0.338 e. The number of hydrogen-bond donors (Lipinski definition) is 0. The Labute approximate surface area is 147 Å². The first-order valence-electron chi connectivity index (χ1n) is 7.61. The lowest BCUT2D eigenvalue weighted by Crippen LogP contribution is -2.48. The predicted molar refractivity (Wildman–Crippen MR) is 87.6 cm³/mol. The molecule has 0 radical (unpaired) electrons. The fourth-order valence-electron chi connectivity index (χ4n) is 2.63. The molecule has 1 saturated heterocycles. The molecular weight excluding hydrogens is 347 g/mol. The van der Waals surface area contributed by atoms with Gasteiger partial charge in [0.15, 0.2) is 0 Å². The average molecular weight is 359 g/mol. The molecule has 1 aliphatic heterocycles. The van der Waals surface area contributed by atoms with E-state index in [0.717, 1.165) is 6.07 Å². The van der Waals surface area contributed by atoms with Gasteiger partial charge in [-0.25, -0.2) is 4.39 Å². The van der Waals surface area contributed by atoms with Crippen molar-refractivity contribution in [2.75, 3.05) is 13.1 Å². The molecule has 1 fully saturated rings. The van der Waals surface area contributed by atoms with Crippen molar-refractivity contribution < 1.29 is 13.7 Å². The first-order valence-corrected chi connectivity index (χ1v) is 7.99. The van der Waals surface area contributed by atoms with Crippen molar-refractivity contribution in [2.45, 2.75) is 5.92 Å². The van der Waals surface area contributed by atoms with Crippen LogP contribution in [0.25, 0.3) is 11.5 Å². The fourth-order valence-corrected chi connectivity index (χ4v) is 2.88. The van der Waals surface area contributed by atoms with Gasteiger partial charge >= 0.3 is 0 Å². The third-order valence-corrected chi connectivity index (χ3v) is 4.33. The lowest BCUT2D eigenvalue weighted by Gasteiger charge is -2.37. The smallest absolute Gasteiger partial charge is 0.255 e. The van der Waals surface area contributed by atoms with Crippen molar-refractivity contribution >= 4 is 17.5 Å². The fraction of sp³-hybridized carbons (Fsp3) is 0.176. The summed E-state index contributed by atoms with van der Waals surface area (Å²) in [4.78, 5) is 22.5. The summed E-state index contributed by atoms with van der Waals surface area (Å²) in [6.07, 6.45) is 1.65. The van der Waals surface area contributed by atoms with Gasteiger partial charge in [0, 0.05) is 19.3 Å². The number of carbonyl (C=O) groups excluding carboxylic acids is 1. The quantitative estimate of drug-likeness (QED) is 0.719. The maximum Gasteiger partial charge on any atom is 0.255 e. The Kier molecular flexibility index (Phi) is 3.93. The Morgan fingerprint density at radius 3 is 2.84 bits per heavy atom. The Bertz CT molecular complexity index is 925. The number of amides is 1. The second-order valence-corrected chi connectivity index (χ2v) is 6.11. The topological polar surface area (TPSA) is 72.1 Å². The van der Waals surface area contributed by atoms with Crippen LogP contribution in [0, 0.1) is 5.82 Å². The zero-order valence-corrected chi connectivity index (χ0v) is 13.7. The summed E-state index contributed by atoms with van der Waals surface area (Å²) in [6, 6.07) is 9.17. The Balaban J connectivity index is 1.44. The van der Waals surface area contributed by atoms with Gasteiger partial charge in [0.2, 0.25) is 11.7 Å². The molecule has 8 heteroatoms. The number of nitrogens with zero attached hydrogens (tertiary/aromatic N) is 4. The van der Waals surface area contributed by atoms with E-state index in [-0.39, 0.29) is 22.4 Å². The lowest BCUT2D eigenvalue weighted by atomic mass is 9.98. The Hall–Kier alpha value is -2.80. The summed E-state index contributed by atoms with van der Waals surface area (Å²) in [5, 5.41) is 4.03. The molecule has 0 aliphatic carbocycles. The van der Waals surface area contributed by atoms with Crippen LogP contribution in [0.5, 0.6) is 0 Å². The third-order valence-electron chi connectivity index (χ3n) is 4.02. The van der Waals surface area contributed by atoms with Crippen molar-refractivity contribution in [1.82, 2.24) is 20.0 Å². The Morgan fingerprint density at radius 2 is 2.12 bits per heavy atom. The zero-order valence-electron chi connectivity index (χ0n) is 12.9. The summed E-state index contributed by atoms with van der Waals surface area (Å²) >= 11 is 5.94. The van der Waals surface area contributed by atoms with Crippen molar-refractivity contribution in [1.29, 1.82) is 0 Å². The molecule has 3 aromatic rings. The van der Waals surface area contributed by atoms with E-state index in [1.54, 1.807) is 23.2 Å². The second kappa shape index (κ2) is 6.25. The number of halogens is 2. The van der Waals surface area contributed by atoms with Crippen LogP contribution in [0.3, 0.4) is 0 Å². The summed E-state index contributed by atoms with van der Waals surface area (Å²) in [6.45, 7) is 0.882. The normalized spacial score (nSPS) is 14.4. The molecule has 25 heavy (non-hydrogen) atoms. The SMILES string of the molecule is O=C(c1ccc(F)cc1Cl)N1CC(c2nc(-c3ccccn3)no2)C1. The summed E-state index contributed by atoms with van der Waals surface area (Å²) < 4.78 is 18.4. The van der Waals surface area contributed by atoms with Crippen molar-refractivity contribution in [3.05, 3.63) is 64.9 Å². The van der Waals surface area contributed by atoms with E-state index >= 15 is 0 Å². The van der Waals surface area contributed by atoms with Crippen molar-refractivity contribution in [3.63, 3.8) is 0 Å². The molecule has 0 spiro atoms. The van der Waals surface area contributed by atoms with E-state index in [9.17, 15) is 9.18 Å². The summed E-state index contributed by atoms with van der Waals surface area (Å²) in [5.41, 5.74) is 0.907. The molecule has 1 aromatic carbocycles. The van der Waals surface area contributed by atoms with Gasteiger partial charge in [0.25, 0.3) is 5.91 Å². The van der Waals surface area contributed by atoms with Gasteiger partial charge in [-0.1, -0.05) is 22.8 Å². The highest BCUT2D eigenvalue weighted by atomic mass is 35.5. The predicted octanol–water partition coefficient (Wildman–Crippen LogP) is 3.16. The Morgan fingerprint density at radius 1 is 1.28 bits per heavy atom. The first kappa shape index (κ1) is 15.7. The number of rotatable bonds is 3. The van der Waals surface area contributed by atoms with Gasteiger partial charge in [-0.05, 0) is 30.3 Å². The van der Waals surface area contributed by atoms with Crippen LogP contribution in [0.4, 0.5) is 4.39 Å². The number of carbonyl (C=O) groups is 1. The van der Waals surface area contributed by atoms with E-state index in [4.69, 9.17) is 16.1 Å². The molecule has 6 nitrogen and oxygen atoms in total. The first-order chi connectivity index (χ1) is 12.1. The van der Waals surface area contributed by atoms with E-state index in [1.807, 2.05) is 6.07 Å². The van der Waals surface area contributed by atoms with Gasteiger partial charge in [-0.3, -0.25) is 9.78 Å². The number of benzene rings is 1. The molecule has 126 valence electrons. The number of likely N-dealkylation sites (tertiary alicyclic amines) is 1. The van der Waals surface area contributed by atoms with E-state index in [2.05, 4.69) is 15.1 Å². The lowest BCUT2D eigenvalue weighted by molar-refractivity contribution is 0.0569. The summed E-state index contributed by atoms with van der Waals surface area (Å²) in [5.74, 6) is 0.131. The number of hydrogen-bond acceptors (Lipinski definition) is 5. The molecule has 1 amide bonds. The highest BCUT2D eigenvalue weighted by Crippen LogP contribution is 2.30. The van der Waals surface area contributed by atoms with Gasteiger partial charge in [0.1, 0.15) is 11.5 Å². The molecule has 0 atom stereocenters. The average Bonchev–Trinajstić information content (AvgIpc) is 3.04. The second-order valence-electron chi connectivity index (χ2n) is 5.70. The molecular formula is C17H12ClFN4O2. The molecule has 1 aliphatic rings. The standard InChI is InChI=1S/C17H12ClFN4O2/c18-13-7-11(19)4-5-12(13)17(24)23-8-10(9-23)16-21-15(22-25-16)14-3-1-2-6-20-14/h1-7,10H,8-9H2. The van der Waals surface area contributed by atoms with Gasteiger partial charge in [-0.2, -0.15) is 4.98 Å². The minimum atomic E-state index is -0.476. The van der Waals surface area contributed by atoms with Crippen molar-refractivity contribution in [2.24, 2.45) is 0 Å². The van der Waals surface area contributed by atoms with Crippen LogP contribution in [0.1, 0.15) is 22.2 Å². The third kappa shape index (κ3) is 2.98. The maximum atomic E-state index is 13.1. The van der Waals surface area contributed by atoms with E-state index in [0.29, 0.717) is 30.5 Å². The molecule has 4 rings (SSSR count). The van der Waals surface area contributed by atoms with Gasteiger partial charge < -0.3 is 9.42 Å². The van der Waals surface area contributed by atoms with Crippen LogP contribution in [-0.4, -0.2) is 39.0 Å². The molecule has 0 unspecified atom stereocenters. The van der Waals surface area contributed by atoms with Crippen LogP contribution in [0.15, 0.2) is 47.1 Å². The van der Waals surface area contributed by atoms with Gasteiger partial charge in [-0.15, -0.1) is 0 Å². The summed E-state index contributed by atoms with van der Waals surface area (Å²) in [7, 11) is 0. The van der Waals surface area contributed by atoms with Crippen LogP contribution >= 0.6 is 11.6 Å². The van der Waals surface area contributed by atoms with Crippen LogP contribution < -0.4 is 0 Å². The van der Waals surface area contributed by atoms with Gasteiger partial charge in [0.05, 0.1) is 16.5 Å². The zero-order chi connectivity index (χ0) is 17.4. The molecule has 0 N–H and O–H groups in total. The van der Waals surface area contributed by atoms with Crippen molar-refractivity contribution in [3.8, 4) is 11.5 Å². The molecule has 2 aromatic heterocycles. The van der Waals surface area contributed by atoms with Crippen LogP contribution in [-0.2, 0) is 0 Å². The molecule has 0 saturated carbocycles. The van der Waals surface area contributed by atoms with E-state index < -0.39 is 5.82 Å². The molecule has 0 bridgehead atoms. The maximum absolute atomic E-state index is 13.1. The van der Waals surface area contributed by atoms with E-state index in [1.165, 1.54) is 12.1 Å².